The molecule has 0 aliphatic heterocycles. The molecule has 68 valence electrons. The minimum Gasteiger partial charge on any atom is -0.393 e. The maximum atomic E-state index is 9.72. The summed E-state index contributed by atoms with van der Waals surface area (Å²) in [6, 6.07) is 0. The average molecular weight is 158 g/mol. The zero-order valence-electron chi connectivity index (χ0n) is 8.30. The summed E-state index contributed by atoms with van der Waals surface area (Å²) in [6.07, 6.45) is 3.30. The molecule has 0 aromatic rings. The first kappa shape index (κ1) is 11.0. The van der Waals surface area contributed by atoms with Crippen LogP contribution in [0.5, 0.6) is 0 Å². The Morgan fingerprint density at radius 3 is 2.00 bits per heavy atom. The summed E-state index contributed by atoms with van der Waals surface area (Å²) in [6.45, 7) is 8.56. The highest BCUT2D eigenvalue weighted by Gasteiger charge is 2.18. The van der Waals surface area contributed by atoms with Crippen molar-refractivity contribution in [3.63, 3.8) is 0 Å². The minimum absolute atomic E-state index is 0.0973. The maximum absolute atomic E-state index is 9.72. The molecule has 1 nitrogen and oxygen atoms in total. The molecule has 1 N–H and O–H groups in total. The molecule has 0 amide bonds. The minimum atomic E-state index is -0.0973. The van der Waals surface area contributed by atoms with Gasteiger partial charge in [-0.1, -0.05) is 40.5 Å². The zero-order chi connectivity index (χ0) is 8.85. The van der Waals surface area contributed by atoms with Gasteiger partial charge in [-0.25, -0.2) is 0 Å². The van der Waals surface area contributed by atoms with E-state index in [-0.39, 0.29) is 6.10 Å². The molecule has 0 unspecified atom stereocenters. The van der Waals surface area contributed by atoms with E-state index in [4.69, 9.17) is 0 Å². The second-order valence-corrected chi connectivity index (χ2v) is 3.64. The van der Waals surface area contributed by atoms with Crippen LogP contribution >= 0.6 is 0 Å². The third-order valence-electron chi connectivity index (χ3n) is 2.55. The molecule has 0 heterocycles. The smallest absolute Gasteiger partial charge is 0.0591 e. The summed E-state index contributed by atoms with van der Waals surface area (Å²) < 4.78 is 0. The van der Waals surface area contributed by atoms with Gasteiger partial charge in [0, 0.05) is 0 Å². The van der Waals surface area contributed by atoms with Gasteiger partial charge in [0.05, 0.1) is 6.10 Å². The first-order valence-electron chi connectivity index (χ1n) is 4.81. The predicted octanol–water partition coefficient (Wildman–Crippen LogP) is 2.83. The number of rotatable bonds is 5. The van der Waals surface area contributed by atoms with Crippen LogP contribution in [0.1, 0.15) is 47.0 Å². The van der Waals surface area contributed by atoms with E-state index in [0.29, 0.717) is 11.8 Å². The van der Waals surface area contributed by atoms with E-state index >= 15 is 0 Å². The molecule has 0 saturated carbocycles. The zero-order valence-corrected chi connectivity index (χ0v) is 8.30. The van der Waals surface area contributed by atoms with Crippen molar-refractivity contribution in [2.45, 2.75) is 53.1 Å². The molecule has 11 heavy (non-hydrogen) atoms. The highest BCUT2D eigenvalue weighted by molar-refractivity contribution is 4.69. The first-order chi connectivity index (χ1) is 5.13. The molecule has 0 aromatic carbocycles. The number of aliphatic hydroxyl groups excluding tert-OH is 1. The van der Waals surface area contributed by atoms with E-state index in [2.05, 4.69) is 27.7 Å². The van der Waals surface area contributed by atoms with E-state index in [1.54, 1.807) is 0 Å². The second kappa shape index (κ2) is 5.59. The predicted molar refractivity (Wildman–Crippen MR) is 49.5 cm³/mol. The van der Waals surface area contributed by atoms with E-state index in [9.17, 15) is 5.11 Å². The maximum Gasteiger partial charge on any atom is 0.0591 e. The molecule has 0 aromatic heterocycles. The normalized spacial score (nSPS) is 19.4. The average Bonchev–Trinajstić information content (AvgIpc) is 2.02. The summed E-state index contributed by atoms with van der Waals surface area (Å²) in [7, 11) is 0. The largest absolute Gasteiger partial charge is 0.393 e. The van der Waals surface area contributed by atoms with E-state index in [1.165, 1.54) is 6.42 Å². The fourth-order valence-corrected chi connectivity index (χ4v) is 1.43. The fraction of sp³-hybridized carbons (Fsp3) is 1.00. The van der Waals surface area contributed by atoms with Crippen LogP contribution in [0.25, 0.3) is 0 Å². The summed E-state index contributed by atoms with van der Waals surface area (Å²) >= 11 is 0. The number of aliphatic hydroxyl groups is 1. The Morgan fingerprint density at radius 2 is 1.64 bits per heavy atom. The third kappa shape index (κ3) is 3.76. The monoisotopic (exact) mass is 158 g/mol. The summed E-state index contributed by atoms with van der Waals surface area (Å²) in [5, 5.41) is 9.72. The van der Waals surface area contributed by atoms with Crippen molar-refractivity contribution in [1.29, 1.82) is 0 Å². The standard InChI is InChI=1S/C10H22O/c1-5-7-9(4)10(11)8(3)6-2/h8-11H,5-7H2,1-4H3/t8-,9-,10-/m0/s1. The van der Waals surface area contributed by atoms with Crippen molar-refractivity contribution in [2.75, 3.05) is 0 Å². The van der Waals surface area contributed by atoms with Crippen LogP contribution in [0.2, 0.25) is 0 Å². The van der Waals surface area contributed by atoms with Crippen LogP contribution in [-0.2, 0) is 0 Å². The Morgan fingerprint density at radius 1 is 1.09 bits per heavy atom. The van der Waals surface area contributed by atoms with Crippen LogP contribution in [0, 0.1) is 11.8 Å². The molecular formula is C10H22O. The number of hydrogen-bond acceptors (Lipinski definition) is 1. The lowest BCUT2D eigenvalue weighted by Gasteiger charge is -2.23. The second-order valence-electron chi connectivity index (χ2n) is 3.64. The van der Waals surface area contributed by atoms with Crippen molar-refractivity contribution in [3.8, 4) is 0 Å². The Hall–Kier alpha value is -0.0400. The Labute approximate surface area is 70.8 Å². The van der Waals surface area contributed by atoms with Crippen molar-refractivity contribution >= 4 is 0 Å². The first-order valence-corrected chi connectivity index (χ1v) is 4.81. The van der Waals surface area contributed by atoms with Gasteiger partial charge in [0.15, 0.2) is 0 Å². The molecule has 0 spiro atoms. The SMILES string of the molecule is CCC[C@H](C)[C@@H](O)[C@@H](C)CC. The van der Waals surface area contributed by atoms with E-state index in [1.807, 2.05) is 0 Å². The van der Waals surface area contributed by atoms with Crippen molar-refractivity contribution < 1.29 is 5.11 Å². The summed E-state index contributed by atoms with van der Waals surface area (Å²) in [4.78, 5) is 0. The summed E-state index contributed by atoms with van der Waals surface area (Å²) in [5.74, 6) is 0.923. The molecule has 0 rings (SSSR count). The fourth-order valence-electron chi connectivity index (χ4n) is 1.43. The van der Waals surface area contributed by atoms with Gasteiger partial charge < -0.3 is 5.11 Å². The highest BCUT2D eigenvalue weighted by Crippen LogP contribution is 2.19. The molecule has 0 saturated heterocycles. The molecule has 3 atom stereocenters. The van der Waals surface area contributed by atoms with Crippen LogP contribution in [0.3, 0.4) is 0 Å². The van der Waals surface area contributed by atoms with E-state index in [0.717, 1.165) is 12.8 Å². The van der Waals surface area contributed by atoms with Crippen LogP contribution in [-0.4, -0.2) is 11.2 Å². The molecule has 1 heteroatoms. The highest BCUT2D eigenvalue weighted by atomic mass is 16.3. The van der Waals surface area contributed by atoms with Gasteiger partial charge in [-0.2, -0.15) is 0 Å². The van der Waals surface area contributed by atoms with Gasteiger partial charge in [-0.15, -0.1) is 0 Å². The van der Waals surface area contributed by atoms with Crippen LogP contribution in [0.4, 0.5) is 0 Å². The van der Waals surface area contributed by atoms with Gasteiger partial charge in [0.25, 0.3) is 0 Å². The lowest BCUT2D eigenvalue weighted by atomic mass is 9.89. The van der Waals surface area contributed by atoms with E-state index < -0.39 is 0 Å². The van der Waals surface area contributed by atoms with Gasteiger partial charge in [-0.3, -0.25) is 0 Å². The number of hydrogen-bond donors (Lipinski definition) is 1. The van der Waals surface area contributed by atoms with Crippen LogP contribution < -0.4 is 0 Å². The van der Waals surface area contributed by atoms with Crippen molar-refractivity contribution in [2.24, 2.45) is 11.8 Å². The molecule has 0 aliphatic carbocycles. The quantitative estimate of drug-likeness (QED) is 0.652. The Bertz CT molecular complexity index is 90.9. The van der Waals surface area contributed by atoms with Gasteiger partial charge in [0.2, 0.25) is 0 Å². The van der Waals surface area contributed by atoms with Gasteiger partial charge in [-0.05, 0) is 18.3 Å². The van der Waals surface area contributed by atoms with Crippen molar-refractivity contribution in [3.05, 3.63) is 0 Å². The van der Waals surface area contributed by atoms with Crippen molar-refractivity contribution in [1.82, 2.24) is 0 Å². The van der Waals surface area contributed by atoms with Gasteiger partial charge in [0.1, 0.15) is 0 Å². The lowest BCUT2D eigenvalue weighted by Crippen LogP contribution is -2.24. The molecule has 0 radical (unpaired) electrons. The third-order valence-corrected chi connectivity index (χ3v) is 2.55. The Balaban J connectivity index is 3.70. The van der Waals surface area contributed by atoms with Gasteiger partial charge >= 0.3 is 0 Å². The van der Waals surface area contributed by atoms with Crippen LogP contribution in [0.15, 0.2) is 0 Å². The summed E-state index contributed by atoms with van der Waals surface area (Å²) in [5.41, 5.74) is 0. The lowest BCUT2D eigenvalue weighted by molar-refractivity contribution is 0.0593. The molecule has 0 aliphatic rings. The molecule has 0 bridgehead atoms. The Kier molecular flexibility index (Phi) is 5.57. The molecule has 0 fully saturated rings. The topological polar surface area (TPSA) is 20.2 Å². The molecular weight excluding hydrogens is 136 g/mol.